The van der Waals surface area contributed by atoms with Crippen LogP contribution in [-0.2, 0) is 4.79 Å². The van der Waals surface area contributed by atoms with Gasteiger partial charge >= 0.3 is 0 Å². The zero-order chi connectivity index (χ0) is 14.8. The van der Waals surface area contributed by atoms with E-state index in [9.17, 15) is 4.79 Å². The Balaban J connectivity index is 2.18. The lowest BCUT2D eigenvalue weighted by atomic mass is 10.2. The Morgan fingerprint density at radius 2 is 2.25 bits per heavy atom. The van der Waals surface area contributed by atoms with Crippen molar-refractivity contribution >= 4 is 5.91 Å². The molecule has 0 bridgehead atoms. The smallest absolute Gasteiger partial charge is 0.234 e. The van der Waals surface area contributed by atoms with E-state index in [1.807, 2.05) is 43.0 Å². The van der Waals surface area contributed by atoms with Crippen molar-refractivity contribution in [2.24, 2.45) is 0 Å². The molecule has 1 aromatic carbocycles. The molecule has 5 heteroatoms. The van der Waals surface area contributed by atoms with Gasteiger partial charge in [-0.3, -0.25) is 9.69 Å². The number of ether oxygens (including phenoxy) is 1. The van der Waals surface area contributed by atoms with E-state index in [2.05, 4.69) is 5.32 Å². The summed E-state index contributed by atoms with van der Waals surface area (Å²) < 4.78 is 5.55. The van der Waals surface area contributed by atoms with Gasteiger partial charge in [-0.05, 0) is 31.2 Å². The number of aryl methyl sites for hydroxylation is 1. The van der Waals surface area contributed by atoms with Crippen LogP contribution < -0.4 is 10.1 Å². The van der Waals surface area contributed by atoms with Crippen molar-refractivity contribution in [2.45, 2.75) is 13.8 Å². The highest BCUT2D eigenvalue weighted by atomic mass is 16.5. The van der Waals surface area contributed by atoms with Crippen LogP contribution in [0.25, 0.3) is 0 Å². The molecule has 1 rings (SSSR count). The molecule has 2 N–H and O–H groups in total. The molecular formula is C15H24N2O3. The van der Waals surface area contributed by atoms with E-state index in [4.69, 9.17) is 9.84 Å². The van der Waals surface area contributed by atoms with E-state index >= 15 is 0 Å². The zero-order valence-electron chi connectivity index (χ0n) is 12.3. The van der Waals surface area contributed by atoms with Crippen molar-refractivity contribution in [3.8, 4) is 5.75 Å². The first-order valence-corrected chi connectivity index (χ1v) is 6.95. The fourth-order valence-corrected chi connectivity index (χ4v) is 1.81. The molecule has 0 unspecified atom stereocenters. The molecule has 0 aliphatic carbocycles. The highest BCUT2D eigenvalue weighted by Gasteiger charge is 2.07. The molecule has 0 saturated heterocycles. The molecular weight excluding hydrogens is 256 g/mol. The second kappa shape index (κ2) is 9.34. The Morgan fingerprint density at radius 3 is 2.90 bits per heavy atom. The van der Waals surface area contributed by atoms with Gasteiger partial charge in [-0.15, -0.1) is 0 Å². The van der Waals surface area contributed by atoms with Gasteiger partial charge in [0.25, 0.3) is 0 Å². The Labute approximate surface area is 120 Å². The van der Waals surface area contributed by atoms with Crippen LogP contribution in [0.5, 0.6) is 5.75 Å². The molecule has 0 saturated carbocycles. The van der Waals surface area contributed by atoms with E-state index in [1.54, 1.807) is 0 Å². The Bertz CT molecular complexity index is 410. The van der Waals surface area contributed by atoms with Crippen LogP contribution in [0.1, 0.15) is 12.5 Å². The topological polar surface area (TPSA) is 61.8 Å². The van der Waals surface area contributed by atoms with Gasteiger partial charge in [-0.2, -0.15) is 0 Å². The van der Waals surface area contributed by atoms with E-state index in [1.165, 1.54) is 0 Å². The molecule has 112 valence electrons. The highest BCUT2D eigenvalue weighted by molar-refractivity contribution is 5.77. The minimum atomic E-state index is -0.0480. The molecule has 0 aromatic heterocycles. The molecule has 20 heavy (non-hydrogen) atoms. The van der Waals surface area contributed by atoms with Crippen LogP contribution in [0.15, 0.2) is 24.3 Å². The van der Waals surface area contributed by atoms with Crippen LogP contribution >= 0.6 is 0 Å². The summed E-state index contributed by atoms with van der Waals surface area (Å²) in [7, 11) is 0. The summed E-state index contributed by atoms with van der Waals surface area (Å²) in [5.41, 5.74) is 1.15. The average molecular weight is 280 g/mol. The van der Waals surface area contributed by atoms with E-state index < -0.39 is 0 Å². The number of aliphatic hydroxyl groups is 1. The number of rotatable bonds is 9. The number of carbonyl (C=O) groups is 1. The SMILES string of the molecule is CCN(CCO)CC(=O)NCCOc1cccc(C)c1. The molecule has 0 atom stereocenters. The maximum atomic E-state index is 11.7. The number of benzene rings is 1. The maximum absolute atomic E-state index is 11.7. The second-order valence-electron chi connectivity index (χ2n) is 4.61. The number of carbonyl (C=O) groups excluding carboxylic acids is 1. The zero-order valence-corrected chi connectivity index (χ0v) is 12.3. The summed E-state index contributed by atoms with van der Waals surface area (Å²) in [6.07, 6.45) is 0. The molecule has 1 aromatic rings. The molecule has 0 radical (unpaired) electrons. The number of nitrogens with one attached hydrogen (secondary N) is 1. The summed E-state index contributed by atoms with van der Waals surface area (Å²) in [5.74, 6) is 0.767. The maximum Gasteiger partial charge on any atom is 0.234 e. The van der Waals surface area contributed by atoms with Crippen molar-refractivity contribution in [3.63, 3.8) is 0 Å². The standard InChI is InChI=1S/C15H24N2O3/c1-3-17(8-9-18)12-15(19)16-7-10-20-14-6-4-5-13(2)11-14/h4-6,11,18H,3,7-10,12H2,1-2H3,(H,16,19). The van der Waals surface area contributed by atoms with Crippen molar-refractivity contribution in [1.29, 1.82) is 0 Å². The third-order valence-electron chi connectivity index (χ3n) is 2.91. The molecule has 1 amide bonds. The number of nitrogens with zero attached hydrogens (tertiary/aromatic N) is 1. The number of aliphatic hydroxyl groups excluding tert-OH is 1. The van der Waals surface area contributed by atoms with Gasteiger partial charge in [0.15, 0.2) is 0 Å². The quantitative estimate of drug-likeness (QED) is 0.657. The number of amides is 1. The van der Waals surface area contributed by atoms with Gasteiger partial charge in [-0.25, -0.2) is 0 Å². The van der Waals surface area contributed by atoms with Crippen molar-refractivity contribution < 1.29 is 14.6 Å². The second-order valence-corrected chi connectivity index (χ2v) is 4.61. The van der Waals surface area contributed by atoms with Gasteiger partial charge in [0.05, 0.1) is 19.7 Å². The first-order valence-electron chi connectivity index (χ1n) is 6.95. The predicted molar refractivity (Wildman–Crippen MR) is 78.9 cm³/mol. The molecule has 0 heterocycles. The lowest BCUT2D eigenvalue weighted by Crippen LogP contribution is -2.39. The van der Waals surface area contributed by atoms with E-state index in [0.29, 0.717) is 26.2 Å². The number of hydrogen-bond acceptors (Lipinski definition) is 4. The summed E-state index contributed by atoms with van der Waals surface area (Å²) in [6.45, 7) is 6.53. The van der Waals surface area contributed by atoms with Crippen molar-refractivity contribution in [2.75, 3.05) is 39.4 Å². The minimum absolute atomic E-state index is 0.0480. The van der Waals surface area contributed by atoms with E-state index in [0.717, 1.165) is 17.9 Å². The van der Waals surface area contributed by atoms with Gasteiger partial charge in [-0.1, -0.05) is 19.1 Å². The highest BCUT2D eigenvalue weighted by Crippen LogP contribution is 2.11. The number of hydrogen-bond donors (Lipinski definition) is 2. The summed E-state index contributed by atoms with van der Waals surface area (Å²) in [5, 5.41) is 11.7. The fourth-order valence-electron chi connectivity index (χ4n) is 1.81. The molecule has 0 aliphatic rings. The Morgan fingerprint density at radius 1 is 1.45 bits per heavy atom. The third-order valence-corrected chi connectivity index (χ3v) is 2.91. The largest absolute Gasteiger partial charge is 0.492 e. The van der Waals surface area contributed by atoms with Gasteiger partial charge in [0.2, 0.25) is 5.91 Å². The number of likely N-dealkylation sites (N-methyl/N-ethyl adjacent to an activating group) is 1. The van der Waals surface area contributed by atoms with Gasteiger partial charge < -0.3 is 15.2 Å². The summed E-state index contributed by atoms with van der Waals surface area (Å²) in [6, 6.07) is 7.81. The third kappa shape index (κ3) is 6.54. The molecule has 0 aliphatic heterocycles. The summed E-state index contributed by atoms with van der Waals surface area (Å²) >= 11 is 0. The average Bonchev–Trinajstić information content (AvgIpc) is 2.43. The Kier molecular flexibility index (Phi) is 7.69. The fraction of sp³-hybridized carbons (Fsp3) is 0.533. The van der Waals surface area contributed by atoms with Crippen LogP contribution in [0.3, 0.4) is 0 Å². The Hall–Kier alpha value is -1.59. The first kappa shape index (κ1) is 16.5. The molecule has 0 spiro atoms. The van der Waals surface area contributed by atoms with Gasteiger partial charge in [0, 0.05) is 6.54 Å². The van der Waals surface area contributed by atoms with Crippen LogP contribution in [-0.4, -0.2) is 55.3 Å². The first-order chi connectivity index (χ1) is 9.65. The molecule has 5 nitrogen and oxygen atoms in total. The lowest BCUT2D eigenvalue weighted by molar-refractivity contribution is -0.122. The normalized spacial score (nSPS) is 10.6. The minimum Gasteiger partial charge on any atom is -0.492 e. The molecule has 0 fully saturated rings. The van der Waals surface area contributed by atoms with Crippen LogP contribution in [0.2, 0.25) is 0 Å². The monoisotopic (exact) mass is 280 g/mol. The summed E-state index contributed by atoms with van der Waals surface area (Å²) in [4.78, 5) is 13.5. The van der Waals surface area contributed by atoms with Crippen molar-refractivity contribution in [1.82, 2.24) is 10.2 Å². The van der Waals surface area contributed by atoms with Crippen LogP contribution in [0.4, 0.5) is 0 Å². The lowest BCUT2D eigenvalue weighted by Gasteiger charge is -2.18. The van der Waals surface area contributed by atoms with Gasteiger partial charge in [0.1, 0.15) is 12.4 Å². The van der Waals surface area contributed by atoms with Crippen molar-refractivity contribution in [3.05, 3.63) is 29.8 Å². The van der Waals surface area contributed by atoms with E-state index in [-0.39, 0.29) is 12.5 Å². The van der Waals surface area contributed by atoms with Crippen LogP contribution in [0, 0.1) is 6.92 Å². The predicted octanol–water partition coefficient (Wildman–Crippen LogP) is 0.804.